The van der Waals surface area contributed by atoms with Gasteiger partial charge in [0.1, 0.15) is 17.3 Å². The van der Waals surface area contributed by atoms with Gasteiger partial charge in [-0.3, -0.25) is 10.1 Å². The van der Waals surface area contributed by atoms with Crippen molar-refractivity contribution in [2.24, 2.45) is 0 Å². The lowest BCUT2D eigenvalue weighted by Crippen LogP contribution is -2.21. The molecule has 1 amide bonds. The molecular formula is C24H24N6O. The third-order valence-corrected chi connectivity index (χ3v) is 5.43. The minimum atomic E-state index is -0.244. The van der Waals surface area contributed by atoms with E-state index in [2.05, 4.69) is 38.1 Å². The molecule has 4 aromatic rings. The Labute approximate surface area is 180 Å². The molecule has 156 valence electrons. The minimum absolute atomic E-state index is 0.244. The molecule has 0 atom stereocenters. The van der Waals surface area contributed by atoms with Gasteiger partial charge in [-0.05, 0) is 49.1 Å². The van der Waals surface area contributed by atoms with Gasteiger partial charge >= 0.3 is 0 Å². The Morgan fingerprint density at radius 3 is 2.87 bits per heavy atom. The van der Waals surface area contributed by atoms with Crippen LogP contribution in [0, 0.1) is 6.92 Å². The van der Waals surface area contributed by atoms with Gasteiger partial charge in [0.15, 0.2) is 0 Å². The molecule has 7 nitrogen and oxygen atoms in total. The van der Waals surface area contributed by atoms with E-state index >= 15 is 0 Å². The number of hydrogen-bond acceptors (Lipinski definition) is 5. The monoisotopic (exact) mass is 412 g/mol. The van der Waals surface area contributed by atoms with Crippen LogP contribution in [0.5, 0.6) is 0 Å². The summed E-state index contributed by atoms with van der Waals surface area (Å²) in [6, 6.07) is 17.9. The first kappa shape index (κ1) is 19.1. The van der Waals surface area contributed by atoms with Crippen molar-refractivity contribution in [3.05, 3.63) is 83.2 Å². The number of rotatable bonds is 5. The molecule has 3 aromatic heterocycles. The summed E-state index contributed by atoms with van der Waals surface area (Å²) in [5.41, 5.74) is 4.84. The number of anilines is 3. The molecule has 3 N–H and O–H groups in total. The fraction of sp³-hybridized carbons (Fsp3) is 0.208. The van der Waals surface area contributed by atoms with Crippen LogP contribution in [0.15, 0.2) is 60.8 Å². The topological polar surface area (TPSA) is 83.3 Å². The van der Waals surface area contributed by atoms with E-state index < -0.39 is 0 Å². The predicted octanol–water partition coefficient (Wildman–Crippen LogP) is 4.26. The molecule has 0 radical (unpaired) electrons. The van der Waals surface area contributed by atoms with Crippen LogP contribution < -0.4 is 16.0 Å². The molecule has 0 fully saturated rings. The number of carbonyl (C=O) groups is 1. The normalized spacial score (nSPS) is 12.8. The Bertz CT molecular complexity index is 1250. The molecule has 1 aliphatic rings. The largest absolute Gasteiger partial charge is 0.370 e. The summed E-state index contributed by atoms with van der Waals surface area (Å²) >= 11 is 0. The Hall–Kier alpha value is -3.87. The van der Waals surface area contributed by atoms with Gasteiger partial charge in [0.2, 0.25) is 5.95 Å². The van der Waals surface area contributed by atoms with Gasteiger partial charge in [0.05, 0.1) is 0 Å². The zero-order valence-corrected chi connectivity index (χ0v) is 17.4. The molecule has 0 unspecified atom stereocenters. The zero-order chi connectivity index (χ0) is 21.2. The highest BCUT2D eigenvalue weighted by Crippen LogP contribution is 2.28. The van der Waals surface area contributed by atoms with Crippen molar-refractivity contribution < 1.29 is 4.79 Å². The first-order valence-corrected chi connectivity index (χ1v) is 10.5. The number of hydrogen-bond donors (Lipinski definition) is 3. The van der Waals surface area contributed by atoms with Gasteiger partial charge < -0.3 is 15.0 Å². The highest BCUT2D eigenvalue weighted by molar-refractivity contribution is 6.02. The van der Waals surface area contributed by atoms with Gasteiger partial charge in [-0.25, -0.2) is 0 Å². The Morgan fingerprint density at radius 2 is 2.00 bits per heavy atom. The molecule has 0 spiro atoms. The molecule has 0 saturated carbocycles. The van der Waals surface area contributed by atoms with E-state index in [9.17, 15) is 4.79 Å². The van der Waals surface area contributed by atoms with Gasteiger partial charge in [0, 0.05) is 30.4 Å². The number of carbonyl (C=O) groups excluding carboxylic acids is 1. The summed E-state index contributed by atoms with van der Waals surface area (Å²) in [5.74, 6) is 1.58. The molecule has 1 aliphatic heterocycles. The van der Waals surface area contributed by atoms with Crippen molar-refractivity contribution in [2.45, 2.75) is 26.3 Å². The van der Waals surface area contributed by atoms with E-state index in [1.54, 1.807) is 6.07 Å². The molecular weight excluding hydrogens is 388 g/mol. The molecule has 4 heterocycles. The third-order valence-electron chi connectivity index (χ3n) is 5.43. The molecule has 0 aliphatic carbocycles. The number of aryl methyl sites for hydroxylation is 1. The molecule has 0 saturated heterocycles. The highest BCUT2D eigenvalue weighted by Gasteiger charge is 2.19. The lowest BCUT2D eigenvalue weighted by Gasteiger charge is -2.21. The minimum Gasteiger partial charge on any atom is -0.370 e. The van der Waals surface area contributed by atoms with Crippen LogP contribution in [0.25, 0.3) is 5.52 Å². The third kappa shape index (κ3) is 3.94. The van der Waals surface area contributed by atoms with Crippen molar-refractivity contribution in [3.63, 3.8) is 0 Å². The molecule has 7 heteroatoms. The molecule has 0 bridgehead atoms. The summed E-state index contributed by atoms with van der Waals surface area (Å²) in [4.78, 5) is 22.3. The smallest absolute Gasteiger partial charge is 0.275 e. The first-order chi connectivity index (χ1) is 15.2. The summed E-state index contributed by atoms with van der Waals surface area (Å²) in [6.45, 7) is 3.52. The zero-order valence-electron chi connectivity index (χ0n) is 17.4. The van der Waals surface area contributed by atoms with Crippen LogP contribution in [0.2, 0.25) is 0 Å². The van der Waals surface area contributed by atoms with E-state index in [4.69, 9.17) is 0 Å². The SMILES string of the molecule is Cc1cc2cccc(C(=O)Nc3nc4c(c(NCc5ccccc5)n3)CCCN4)n2c1. The second-order valence-electron chi connectivity index (χ2n) is 7.77. The lowest BCUT2D eigenvalue weighted by molar-refractivity contribution is 0.102. The van der Waals surface area contributed by atoms with Crippen LogP contribution in [0.1, 0.15) is 33.6 Å². The fourth-order valence-electron chi connectivity index (χ4n) is 3.95. The van der Waals surface area contributed by atoms with Crippen LogP contribution in [0.3, 0.4) is 0 Å². The van der Waals surface area contributed by atoms with Gasteiger partial charge in [0.25, 0.3) is 5.91 Å². The van der Waals surface area contributed by atoms with Crippen LogP contribution in [-0.2, 0) is 13.0 Å². The lowest BCUT2D eigenvalue weighted by atomic mass is 10.1. The fourth-order valence-corrected chi connectivity index (χ4v) is 3.95. The van der Waals surface area contributed by atoms with E-state index in [1.807, 2.05) is 53.9 Å². The second-order valence-corrected chi connectivity index (χ2v) is 7.77. The number of fused-ring (bicyclic) bond motifs is 2. The number of amides is 1. The summed E-state index contributed by atoms with van der Waals surface area (Å²) in [6.07, 6.45) is 3.87. The number of aromatic nitrogens is 3. The van der Waals surface area contributed by atoms with Crippen LogP contribution in [0.4, 0.5) is 17.6 Å². The van der Waals surface area contributed by atoms with Gasteiger partial charge in [-0.1, -0.05) is 36.4 Å². The number of nitrogens with one attached hydrogen (secondary N) is 3. The first-order valence-electron chi connectivity index (χ1n) is 10.5. The number of nitrogens with zero attached hydrogens (tertiary/aromatic N) is 3. The van der Waals surface area contributed by atoms with Crippen LogP contribution >= 0.6 is 0 Å². The molecule has 1 aromatic carbocycles. The van der Waals surface area contributed by atoms with Crippen molar-refractivity contribution in [3.8, 4) is 0 Å². The van der Waals surface area contributed by atoms with Crippen molar-refractivity contribution >= 4 is 29.0 Å². The molecule has 31 heavy (non-hydrogen) atoms. The Morgan fingerprint density at radius 1 is 1.13 bits per heavy atom. The average molecular weight is 412 g/mol. The van der Waals surface area contributed by atoms with Crippen molar-refractivity contribution in [1.29, 1.82) is 0 Å². The Balaban J connectivity index is 1.44. The summed E-state index contributed by atoms with van der Waals surface area (Å²) < 4.78 is 1.88. The highest BCUT2D eigenvalue weighted by atomic mass is 16.2. The van der Waals surface area contributed by atoms with Gasteiger partial charge in [-0.15, -0.1) is 0 Å². The van der Waals surface area contributed by atoms with E-state index in [0.717, 1.165) is 47.7 Å². The second kappa shape index (κ2) is 8.10. The van der Waals surface area contributed by atoms with Crippen molar-refractivity contribution in [2.75, 3.05) is 22.5 Å². The van der Waals surface area contributed by atoms with E-state index in [-0.39, 0.29) is 11.9 Å². The van der Waals surface area contributed by atoms with E-state index in [1.165, 1.54) is 5.56 Å². The summed E-state index contributed by atoms with van der Waals surface area (Å²) in [5, 5.41) is 9.65. The Kier molecular flexibility index (Phi) is 5.00. The quantitative estimate of drug-likeness (QED) is 0.456. The maximum absolute atomic E-state index is 13.0. The summed E-state index contributed by atoms with van der Waals surface area (Å²) in [7, 11) is 0. The molecule has 5 rings (SSSR count). The number of benzene rings is 1. The van der Waals surface area contributed by atoms with E-state index in [0.29, 0.717) is 12.2 Å². The maximum Gasteiger partial charge on any atom is 0.275 e. The standard InChI is InChI=1S/C24H24N6O/c1-16-13-18-9-5-11-20(30(18)15-16)23(31)29-24-27-21-19(10-6-12-25-21)22(28-24)26-14-17-7-3-2-4-8-17/h2-5,7-9,11,13,15H,6,10,12,14H2,1H3,(H3,25,26,27,28,29,31). The predicted molar refractivity (Wildman–Crippen MR) is 123 cm³/mol. The number of pyridine rings is 1. The van der Waals surface area contributed by atoms with Gasteiger partial charge in [-0.2, -0.15) is 9.97 Å². The average Bonchev–Trinajstić information content (AvgIpc) is 3.18. The van der Waals surface area contributed by atoms with Crippen molar-refractivity contribution in [1.82, 2.24) is 14.4 Å². The maximum atomic E-state index is 13.0. The van der Waals surface area contributed by atoms with Crippen LogP contribution in [-0.4, -0.2) is 26.8 Å².